The van der Waals surface area contributed by atoms with Crippen LogP contribution in [0.1, 0.15) is 349 Å². The zero-order chi connectivity index (χ0) is 84.4. The van der Waals surface area contributed by atoms with Crippen LogP contribution in [-0.2, 0) is 19.2 Å². The van der Waals surface area contributed by atoms with E-state index in [2.05, 4.69) is 147 Å². The number of fused-ring (bicyclic) bond motifs is 4. The van der Waals surface area contributed by atoms with Crippen molar-refractivity contribution in [3.8, 4) is 48.8 Å². The minimum atomic E-state index is -0.0334. The standard InChI is InChI=1S/C104H134N4O4S10/c1-6-11-16-21-26-30-33-37-42-47-64-105-97(81-61-57-78(116-81)86-70-90-89(120-86)69-85(119-90)76-55-51-68-114-76)93-94(102(105)110)98(106(101(93)109)65-48-43-38-34-31-27-22-17-12-7-2)82-62-58-79(117-82)87-71-91-92(121-87)72-88(122-91)80-59-63-83(118-80)99-95-96(103(111)107(99)66-49-44-39-35-32-28-23-18-13-8-3)100(84-60-56-77(115-84)75-54-50-67-113-75)108(104(95)112)73-74(52-45-40-25-20-15-10-5)53-46-41-36-29-24-19-14-9-4/h50-51,54-63,67-72,74H,6-49,52-53,64-66,73H2,1-5H3. The molecule has 654 valence electrons. The average Bonchev–Trinajstić information content (AvgIpc) is 1.56. The Bertz CT molecular complexity index is 5040. The molecule has 4 aliphatic heterocycles. The normalized spacial score (nSPS) is 14.8. The van der Waals surface area contributed by atoms with Gasteiger partial charge in [0.25, 0.3) is 23.6 Å². The Balaban J connectivity index is 0.762. The topological polar surface area (TPSA) is 81.2 Å². The summed E-state index contributed by atoms with van der Waals surface area (Å²) in [5, 5.41) is 4.29. The number of amides is 4. The van der Waals surface area contributed by atoms with Crippen molar-refractivity contribution < 1.29 is 19.2 Å². The van der Waals surface area contributed by atoms with E-state index in [4.69, 9.17) is 0 Å². The molecule has 8 nitrogen and oxygen atoms in total. The lowest BCUT2D eigenvalue weighted by atomic mass is 9.93. The highest BCUT2D eigenvalue weighted by Gasteiger charge is 2.51. The summed E-state index contributed by atoms with van der Waals surface area (Å²) < 4.78 is 5.02. The summed E-state index contributed by atoms with van der Waals surface area (Å²) in [5.74, 6) is 0.254. The number of nitrogens with zero attached hydrogens (tertiary/aromatic N) is 4. The molecule has 0 aliphatic carbocycles. The monoisotopic (exact) mass is 1820 g/mol. The van der Waals surface area contributed by atoms with Crippen LogP contribution < -0.4 is 0 Å². The van der Waals surface area contributed by atoms with Gasteiger partial charge in [-0.2, -0.15) is 0 Å². The second kappa shape index (κ2) is 48.0. The largest absolute Gasteiger partial charge is 0.306 e. The van der Waals surface area contributed by atoms with E-state index in [0.717, 1.165) is 123 Å². The first-order chi connectivity index (χ1) is 60.1. The number of rotatable bonds is 60. The van der Waals surface area contributed by atoms with Gasteiger partial charge < -0.3 is 19.6 Å². The van der Waals surface area contributed by atoms with Gasteiger partial charge >= 0.3 is 0 Å². The fourth-order valence-electron chi connectivity index (χ4n) is 18.7. The van der Waals surface area contributed by atoms with E-state index in [1.54, 1.807) is 68.0 Å². The Hall–Kier alpha value is -5.64. The second-order valence-corrected chi connectivity index (χ2v) is 45.5. The minimum absolute atomic E-state index is 0.00291. The zero-order valence-electron chi connectivity index (χ0n) is 73.8. The highest BCUT2D eigenvalue weighted by Crippen LogP contribution is 2.55. The fraction of sp³-hybridized carbons (Fsp3) is 0.538. The van der Waals surface area contributed by atoms with E-state index in [9.17, 15) is 0 Å². The third-order valence-corrected chi connectivity index (χ3v) is 37.1. The zero-order valence-corrected chi connectivity index (χ0v) is 82.0. The minimum Gasteiger partial charge on any atom is -0.306 e. The molecule has 18 heteroatoms. The molecule has 14 heterocycles. The molecular formula is C104H134N4O4S10. The highest BCUT2D eigenvalue weighted by molar-refractivity contribution is 7.34. The van der Waals surface area contributed by atoms with Crippen LogP contribution >= 0.6 is 113 Å². The molecular weight excluding hydrogens is 1690 g/mol. The molecule has 1 atom stereocenters. The molecule has 1 unspecified atom stereocenters. The van der Waals surface area contributed by atoms with Gasteiger partial charge in [0.05, 0.1) is 64.6 Å². The number of carbonyl (C=O) groups excluding carboxylic acids is 4. The van der Waals surface area contributed by atoms with Gasteiger partial charge in [0.2, 0.25) is 0 Å². The SMILES string of the molecule is CCCCCCCCCCCCN1C(=O)C2=C(c3ccc(-c4cc5sc(-c6ccc(C7=C8C(=O)N(CC(CCCCCCCC)CCCCCCCCCC)C(c9ccc(-c%10cccs%10)s9)=C8C(=O)N7CCCCCCCCCCCC)s6)cc5s4)s3)N(CCCCCCCCCCCC)C(=O)C2=C1c1ccc(-c2cc3sc(-c4cccs4)cc3s2)s1. The van der Waals surface area contributed by atoms with Gasteiger partial charge in [0, 0.05) is 93.8 Å². The third-order valence-electron chi connectivity index (χ3n) is 25.5. The Morgan fingerprint density at radius 1 is 0.230 bits per heavy atom. The van der Waals surface area contributed by atoms with Crippen LogP contribution in [0.5, 0.6) is 0 Å². The number of thiophene rings is 10. The van der Waals surface area contributed by atoms with Crippen LogP contribution in [0, 0.1) is 5.92 Å². The lowest BCUT2D eigenvalue weighted by molar-refractivity contribution is -0.124. The van der Waals surface area contributed by atoms with Crippen molar-refractivity contribution in [3.05, 3.63) is 150 Å². The summed E-state index contributed by atoms with van der Waals surface area (Å²) >= 11 is 17.8. The second-order valence-electron chi connectivity index (χ2n) is 34.9. The summed E-state index contributed by atoms with van der Waals surface area (Å²) in [6.45, 7) is 13.8. The van der Waals surface area contributed by atoms with Crippen molar-refractivity contribution in [2.75, 3.05) is 26.2 Å². The van der Waals surface area contributed by atoms with Crippen LogP contribution in [0.4, 0.5) is 0 Å². The predicted octanol–water partition coefficient (Wildman–Crippen LogP) is 35.2. The van der Waals surface area contributed by atoms with E-state index in [1.165, 1.54) is 283 Å². The molecule has 122 heavy (non-hydrogen) atoms. The van der Waals surface area contributed by atoms with Gasteiger partial charge in [-0.15, -0.1) is 113 Å². The Labute approximate surface area is 770 Å². The maximum atomic E-state index is 16.2. The molecule has 10 aromatic rings. The number of hydrogen-bond donors (Lipinski definition) is 0. The molecule has 10 aromatic heterocycles. The molecule has 4 amide bonds. The van der Waals surface area contributed by atoms with Crippen molar-refractivity contribution in [1.29, 1.82) is 0 Å². The van der Waals surface area contributed by atoms with Gasteiger partial charge in [-0.1, -0.05) is 310 Å². The summed E-state index contributed by atoms with van der Waals surface area (Å²) in [4.78, 5) is 88.0. The lowest BCUT2D eigenvalue weighted by Gasteiger charge is -2.28. The Kier molecular flexibility index (Phi) is 36.4. The highest BCUT2D eigenvalue weighted by atomic mass is 32.1. The van der Waals surface area contributed by atoms with Crippen LogP contribution in [0.25, 0.3) is 90.4 Å². The Morgan fingerprint density at radius 3 is 0.721 bits per heavy atom. The van der Waals surface area contributed by atoms with E-state index in [1.807, 2.05) is 60.0 Å². The molecule has 0 fully saturated rings. The first-order valence-corrected chi connectivity index (χ1v) is 56.2. The van der Waals surface area contributed by atoms with Gasteiger partial charge in [-0.3, -0.25) is 19.2 Å². The van der Waals surface area contributed by atoms with Crippen LogP contribution in [0.15, 0.2) is 130 Å². The van der Waals surface area contributed by atoms with E-state index in [-0.39, 0.29) is 23.6 Å². The van der Waals surface area contributed by atoms with Crippen molar-refractivity contribution >= 4 is 179 Å². The summed E-state index contributed by atoms with van der Waals surface area (Å²) in [6, 6.07) is 35.7. The molecule has 0 saturated carbocycles. The van der Waals surface area contributed by atoms with Crippen LogP contribution in [0.2, 0.25) is 0 Å². The van der Waals surface area contributed by atoms with Gasteiger partial charge in [-0.05, 0) is 134 Å². The molecule has 0 aromatic carbocycles. The molecule has 0 radical (unpaired) electrons. The van der Waals surface area contributed by atoms with E-state index >= 15 is 19.2 Å². The van der Waals surface area contributed by atoms with Crippen molar-refractivity contribution in [3.63, 3.8) is 0 Å². The number of hydrogen-bond acceptors (Lipinski definition) is 14. The van der Waals surface area contributed by atoms with Crippen LogP contribution in [0.3, 0.4) is 0 Å². The maximum absolute atomic E-state index is 16.2. The van der Waals surface area contributed by atoms with Gasteiger partial charge in [-0.25, -0.2) is 0 Å². The summed E-state index contributed by atoms with van der Waals surface area (Å²) in [6.07, 6.45) is 56.1. The van der Waals surface area contributed by atoms with Crippen molar-refractivity contribution in [2.24, 2.45) is 5.92 Å². The van der Waals surface area contributed by atoms with Gasteiger partial charge in [0.1, 0.15) is 0 Å². The average molecular weight is 1820 g/mol. The van der Waals surface area contributed by atoms with Crippen molar-refractivity contribution in [2.45, 2.75) is 330 Å². The molecule has 0 saturated heterocycles. The summed E-state index contributed by atoms with van der Waals surface area (Å²) in [7, 11) is 0. The molecule has 0 spiro atoms. The molecule has 0 bridgehead atoms. The fourth-order valence-corrected chi connectivity index (χ4v) is 29.6. The summed E-state index contributed by atoms with van der Waals surface area (Å²) in [5.41, 5.74) is 5.63. The maximum Gasteiger partial charge on any atom is 0.261 e. The van der Waals surface area contributed by atoms with E-state index in [0.29, 0.717) is 54.4 Å². The van der Waals surface area contributed by atoms with Gasteiger partial charge in [0.15, 0.2) is 0 Å². The Morgan fingerprint density at radius 2 is 0.451 bits per heavy atom. The predicted molar refractivity (Wildman–Crippen MR) is 539 cm³/mol. The first-order valence-electron chi connectivity index (χ1n) is 47.9. The quantitative estimate of drug-likeness (QED) is 0.0356. The molecule has 4 aliphatic rings. The first kappa shape index (κ1) is 92.5. The smallest absolute Gasteiger partial charge is 0.261 e. The number of unbranched alkanes of at least 4 members (excludes halogenated alkanes) is 39. The third kappa shape index (κ3) is 23.4. The van der Waals surface area contributed by atoms with E-state index < -0.39 is 0 Å². The lowest BCUT2D eigenvalue weighted by Crippen LogP contribution is -2.33. The van der Waals surface area contributed by atoms with Crippen molar-refractivity contribution in [1.82, 2.24) is 19.6 Å². The number of carbonyl (C=O) groups is 4. The molecule has 14 rings (SSSR count). The van der Waals surface area contributed by atoms with Crippen LogP contribution in [-0.4, -0.2) is 69.4 Å². The molecule has 0 N–H and O–H groups in total.